The van der Waals surface area contributed by atoms with Gasteiger partial charge in [-0.05, 0) is 0 Å². The van der Waals surface area contributed by atoms with Crippen LogP contribution in [0, 0.1) is 11.8 Å². The normalized spacial score (nSPS) is 28.6. The zero-order valence-electron chi connectivity index (χ0n) is 15.6. The van der Waals surface area contributed by atoms with E-state index in [0.717, 1.165) is 0 Å². The van der Waals surface area contributed by atoms with E-state index in [2.05, 4.69) is 10.2 Å². The second-order valence-electron chi connectivity index (χ2n) is 6.93. The molecule has 144 valence electrons. The van der Waals surface area contributed by atoms with Gasteiger partial charge in [0.1, 0.15) is 0 Å². The first-order valence-corrected chi connectivity index (χ1v) is 10.6. The van der Waals surface area contributed by atoms with E-state index >= 15 is 0 Å². The van der Waals surface area contributed by atoms with Gasteiger partial charge in [-0.25, -0.2) is 0 Å². The molecule has 0 aromatic carbocycles. The summed E-state index contributed by atoms with van der Waals surface area (Å²) >= 11 is 0. The molecule has 0 unspecified atom stereocenters. The summed E-state index contributed by atoms with van der Waals surface area (Å²) in [6.07, 6.45) is -0.711. The molecule has 2 saturated heterocycles. The molecule has 1 amide bonds. The van der Waals surface area contributed by atoms with Crippen molar-refractivity contribution in [3.63, 3.8) is 0 Å². The summed E-state index contributed by atoms with van der Waals surface area (Å²) in [5.41, 5.74) is 0. The van der Waals surface area contributed by atoms with Gasteiger partial charge in [0, 0.05) is 0 Å². The third-order valence-corrected chi connectivity index (χ3v) is 7.30. The summed E-state index contributed by atoms with van der Waals surface area (Å²) in [5.74, 6) is -1.49. The van der Waals surface area contributed by atoms with Crippen molar-refractivity contribution in [1.29, 1.82) is 0 Å². The molecule has 0 radical (unpaired) electrons. The molecule has 2 aliphatic heterocycles. The van der Waals surface area contributed by atoms with Crippen molar-refractivity contribution in [2.75, 3.05) is 13.1 Å². The van der Waals surface area contributed by atoms with Gasteiger partial charge in [-0.3, -0.25) is 0 Å². The molecule has 0 bridgehead atoms. The van der Waals surface area contributed by atoms with Crippen molar-refractivity contribution in [1.82, 2.24) is 15.1 Å². The third kappa shape index (κ3) is 3.45. The van der Waals surface area contributed by atoms with Gasteiger partial charge in [-0.15, -0.1) is 0 Å². The zero-order chi connectivity index (χ0) is 19.0. The van der Waals surface area contributed by atoms with Crippen LogP contribution in [0.2, 0.25) is 0 Å². The van der Waals surface area contributed by atoms with E-state index in [4.69, 9.17) is 13.6 Å². The average Bonchev–Trinajstić information content (AvgIpc) is 2.95. The maximum absolute atomic E-state index is 12.6. The molecule has 2 N–H and O–H groups in total. The molecular formula is C15H28N3O6P. The van der Waals surface area contributed by atoms with Crippen molar-refractivity contribution in [3.05, 3.63) is 0 Å². The Morgan fingerprint density at radius 3 is 1.72 bits per heavy atom. The Bertz CT molecular complexity index is 542. The van der Waals surface area contributed by atoms with Gasteiger partial charge in [0.25, 0.3) is 0 Å². The molecule has 1 spiro atoms. The summed E-state index contributed by atoms with van der Waals surface area (Å²) in [4.78, 5) is 38.7. The summed E-state index contributed by atoms with van der Waals surface area (Å²) in [5, 5.41) is 5.83. The average molecular weight is 377 g/mol. The van der Waals surface area contributed by atoms with Crippen molar-refractivity contribution in [2.24, 2.45) is 11.8 Å². The SMILES string of the molecule is CCN(CC)C(=O)OP12(N[C@@H](C(C)C)C(=O)O1)N[C@@H](C(C)C)C(=O)O2. The number of rotatable bonds is 5. The molecule has 2 atom stereocenters. The van der Waals surface area contributed by atoms with E-state index in [0.29, 0.717) is 13.1 Å². The van der Waals surface area contributed by atoms with E-state index in [-0.39, 0.29) is 11.8 Å². The predicted molar refractivity (Wildman–Crippen MR) is 92.0 cm³/mol. The molecule has 0 saturated carbocycles. The molecule has 2 heterocycles. The maximum atomic E-state index is 12.6. The van der Waals surface area contributed by atoms with Crippen molar-refractivity contribution in [2.45, 2.75) is 53.6 Å². The monoisotopic (exact) mass is 377 g/mol. The van der Waals surface area contributed by atoms with Crippen LogP contribution in [-0.2, 0) is 23.2 Å². The summed E-state index contributed by atoms with van der Waals surface area (Å²) in [6.45, 7) is 11.7. The quantitative estimate of drug-likeness (QED) is 0.700. The second-order valence-corrected chi connectivity index (χ2v) is 9.77. The molecular weight excluding hydrogens is 349 g/mol. The van der Waals surface area contributed by atoms with E-state index in [1.54, 1.807) is 13.8 Å². The van der Waals surface area contributed by atoms with Crippen molar-refractivity contribution < 1.29 is 28.0 Å². The zero-order valence-corrected chi connectivity index (χ0v) is 16.5. The van der Waals surface area contributed by atoms with Crippen LogP contribution in [0.5, 0.6) is 0 Å². The van der Waals surface area contributed by atoms with Crippen molar-refractivity contribution >= 4 is 25.6 Å². The fourth-order valence-electron chi connectivity index (χ4n) is 2.80. The van der Waals surface area contributed by atoms with Crippen LogP contribution < -0.4 is 10.2 Å². The van der Waals surface area contributed by atoms with Crippen LogP contribution in [0.4, 0.5) is 4.79 Å². The standard InChI is InChI=1S/C15H28N3O6P/c1-7-18(8-2)15(21)24-25(16-11(9(3)4)13(19)22-25)17-12(10(5)6)14(20)23-25/h9-12,16-17H,7-8H2,1-6H3/t11-,12-/m0/s1. The van der Waals surface area contributed by atoms with Gasteiger partial charge < -0.3 is 0 Å². The Kier molecular flexibility index (Phi) is 5.33. The first-order valence-electron chi connectivity index (χ1n) is 8.62. The van der Waals surface area contributed by atoms with E-state index in [1.165, 1.54) is 4.90 Å². The molecule has 0 aromatic rings. The van der Waals surface area contributed by atoms with E-state index in [9.17, 15) is 14.4 Å². The number of carbonyl (C=O) groups is 3. The van der Waals surface area contributed by atoms with Gasteiger partial charge in [0.15, 0.2) is 0 Å². The fraction of sp³-hybridized carbons (Fsp3) is 0.800. The Hall–Kier alpha value is -1.44. The summed E-state index contributed by atoms with van der Waals surface area (Å²) < 4.78 is 16.6. The molecule has 10 heteroatoms. The van der Waals surface area contributed by atoms with Gasteiger partial charge in [0.05, 0.1) is 0 Å². The molecule has 0 aromatic heterocycles. The first-order chi connectivity index (χ1) is 11.6. The topological polar surface area (TPSA) is 106 Å². The molecule has 25 heavy (non-hydrogen) atoms. The van der Waals surface area contributed by atoms with Crippen LogP contribution in [-0.4, -0.2) is 48.1 Å². The van der Waals surface area contributed by atoms with E-state index in [1.807, 2.05) is 27.7 Å². The molecule has 2 rings (SSSR count). The van der Waals surface area contributed by atoms with Crippen LogP contribution in [0.1, 0.15) is 41.5 Å². The second kappa shape index (κ2) is 6.70. The third-order valence-electron chi connectivity index (χ3n) is 4.34. The number of amides is 1. The number of nitrogens with zero attached hydrogens (tertiary/aromatic N) is 1. The Morgan fingerprint density at radius 1 is 1.04 bits per heavy atom. The molecule has 2 fully saturated rings. The van der Waals surface area contributed by atoms with Crippen LogP contribution in [0.3, 0.4) is 0 Å². The number of hydrogen-bond acceptors (Lipinski definition) is 8. The molecule has 9 nitrogen and oxygen atoms in total. The van der Waals surface area contributed by atoms with Crippen LogP contribution >= 0.6 is 7.59 Å². The Labute approximate surface area is 148 Å². The molecule has 0 aliphatic carbocycles. The summed E-state index contributed by atoms with van der Waals surface area (Å²) in [7, 11) is -4.64. The number of hydrogen-bond donors (Lipinski definition) is 2. The number of nitrogens with one attached hydrogen (secondary N) is 2. The van der Waals surface area contributed by atoms with Gasteiger partial charge in [-0.2, -0.15) is 0 Å². The minimum absolute atomic E-state index is 0.139. The van der Waals surface area contributed by atoms with E-state index < -0.39 is 37.7 Å². The fourth-order valence-corrected chi connectivity index (χ4v) is 6.35. The van der Waals surface area contributed by atoms with Crippen LogP contribution in [0.15, 0.2) is 0 Å². The first kappa shape index (κ1) is 19.9. The van der Waals surface area contributed by atoms with Gasteiger partial charge >= 0.3 is 147 Å². The minimum atomic E-state index is -4.64. The Balaban J connectivity index is 2.42. The summed E-state index contributed by atoms with van der Waals surface area (Å²) in [6, 6.07) is -1.48. The Morgan fingerprint density at radius 2 is 1.44 bits per heavy atom. The van der Waals surface area contributed by atoms with Crippen LogP contribution in [0.25, 0.3) is 0 Å². The molecule has 2 aliphatic rings. The van der Waals surface area contributed by atoms with Crippen molar-refractivity contribution in [3.8, 4) is 0 Å². The van der Waals surface area contributed by atoms with Gasteiger partial charge in [0.2, 0.25) is 0 Å². The van der Waals surface area contributed by atoms with Gasteiger partial charge in [-0.1, -0.05) is 0 Å². The number of carbonyl (C=O) groups excluding carboxylic acids is 3. The predicted octanol–water partition coefficient (Wildman–Crippen LogP) is 1.94.